The van der Waals surface area contributed by atoms with Crippen LogP contribution in [0.3, 0.4) is 0 Å². The smallest absolute Gasteiger partial charge is 0.265 e. The van der Waals surface area contributed by atoms with E-state index < -0.39 is 10.0 Å². The summed E-state index contributed by atoms with van der Waals surface area (Å²) in [5.74, 6) is -0.187. The van der Waals surface area contributed by atoms with Gasteiger partial charge in [0.1, 0.15) is 0 Å². The summed E-state index contributed by atoms with van der Waals surface area (Å²) in [6.45, 7) is 0.756. The molecule has 0 bridgehead atoms. The Morgan fingerprint density at radius 1 is 1.26 bits per heavy atom. The highest BCUT2D eigenvalue weighted by atomic mass is 32.2. The lowest BCUT2D eigenvalue weighted by molar-refractivity contribution is 0.103. The number of carbonyl (C=O) groups excluding carboxylic acids is 1. The molecule has 2 aromatic rings. The maximum absolute atomic E-state index is 12.3. The Morgan fingerprint density at radius 3 is 2.56 bits per heavy atom. The van der Waals surface area contributed by atoms with Gasteiger partial charge in [-0.25, -0.2) is 8.42 Å². The van der Waals surface area contributed by atoms with Gasteiger partial charge in [-0.05, 0) is 35.2 Å². The second-order valence-electron chi connectivity index (χ2n) is 6.26. The molecule has 1 aromatic heterocycles. The summed E-state index contributed by atoms with van der Waals surface area (Å²) in [6, 6.07) is 9.07. The van der Waals surface area contributed by atoms with Gasteiger partial charge < -0.3 is 15.0 Å². The first-order chi connectivity index (χ1) is 12.7. The van der Waals surface area contributed by atoms with Crippen LogP contribution in [0.1, 0.15) is 15.2 Å². The van der Waals surface area contributed by atoms with Gasteiger partial charge in [-0.2, -0.15) is 4.31 Å². The van der Waals surface area contributed by atoms with Crippen LogP contribution in [0.25, 0.3) is 0 Å². The first-order valence-electron chi connectivity index (χ1n) is 8.31. The maximum atomic E-state index is 12.3. The van der Waals surface area contributed by atoms with Crippen molar-refractivity contribution in [3.63, 3.8) is 0 Å². The first kappa shape index (κ1) is 21.4. The van der Waals surface area contributed by atoms with E-state index in [0.29, 0.717) is 17.2 Å². The van der Waals surface area contributed by atoms with E-state index in [1.165, 1.54) is 29.0 Å². The molecule has 9 heteroatoms. The molecule has 7 nitrogen and oxygen atoms in total. The lowest BCUT2D eigenvalue weighted by Gasteiger charge is -2.24. The highest BCUT2D eigenvalue weighted by Crippen LogP contribution is 2.26. The maximum Gasteiger partial charge on any atom is 0.265 e. The van der Waals surface area contributed by atoms with Crippen molar-refractivity contribution in [1.82, 2.24) is 4.31 Å². The zero-order chi connectivity index (χ0) is 20.0. The van der Waals surface area contributed by atoms with E-state index in [1.54, 1.807) is 6.07 Å². The summed E-state index contributed by atoms with van der Waals surface area (Å²) in [5.41, 5.74) is 2.30. The Balaban J connectivity index is 2.30. The molecule has 0 aliphatic heterocycles. The molecule has 1 amide bonds. The zero-order valence-corrected chi connectivity index (χ0v) is 17.6. The van der Waals surface area contributed by atoms with Gasteiger partial charge in [-0.1, -0.05) is 6.07 Å². The van der Waals surface area contributed by atoms with Crippen molar-refractivity contribution in [2.75, 3.05) is 50.8 Å². The molecule has 0 spiro atoms. The van der Waals surface area contributed by atoms with Crippen molar-refractivity contribution in [1.29, 1.82) is 0 Å². The molecule has 0 atom stereocenters. The average molecular weight is 412 g/mol. The lowest BCUT2D eigenvalue weighted by atomic mass is 10.1. The average Bonchev–Trinajstić information content (AvgIpc) is 3.12. The van der Waals surface area contributed by atoms with Gasteiger partial charge in [-0.3, -0.25) is 4.79 Å². The number of nitrogens with one attached hydrogen (secondary N) is 1. The van der Waals surface area contributed by atoms with Crippen LogP contribution in [0.5, 0.6) is 0 Å². The van der Waals surface area contributed by atoms with E-state index in [4.69, 9.17) is 4.74 Å². The summed E-state index contributed by atoms with van der Waals surface area (Å²) in [7, 11) is 1.92. The first-order valence-corrected chi connectivity index (χ1v) is 11.0. The normalized spacial score (nSPS) is 11.6. The summed E-state index contributed by atoms with van der Waals surface area (Å²) in [5, 5.41) is 4.71. The fraction of sp³-hybridized carbons (Fsp3) is 0.389. The predicted octanol–water partition coefficient (Wildman–Crippen LogP) is 2.47. The van der Waals surface area contributed by atoms with E-state index >= 15 is 0 Å². The Kier molecular flexibility index (Phi) is 7.37. The number of rotatable bonds is 9. The Bertz CT molecular complexity index is 865. The minimum atomic E-state index is -3.40. The summed E-state index contributed by atoms with van der Waals surface area (Å²) in [4.78, 5) is 14.8. The second-order valence-corrected chi connectivity index (χ2v) is 9.19. The quantitative estimate of drug-likeness (QED) is 0.686. The Labute approximate surface area is 164 Å². The Morgan fingerprint density at radius 2 is 2.00 bits per heavy atom. The van der Waals surface area contributed by atoms with Gasteiger partial charge in [0.15, 0.2) is 0 Å². The third-order valence-electron chi connectivity index (χ3n) is 3.92. The largest absolute Gasteiger partial charge is 0.383 e. The molecule has 27 heavy (non-hydrogen) atoms. The lowest BCUT2D eigenvalue weighted by Crippen LogP contribution is -2.33. The molecular formula is C18H25N3O4S2. The zero-order valence-electron chi connectivity index (χ0n) is 15.9. The molecule has 0 fully saturated rings. The molecule has 2 rings (SSSR count). The molecule has 148 valence electrons. The molecule has 0 aliphatic rings. The number of methoxy groups -OCH3 is 1. The minimum absolute atomic E-state index is 0.187. The number of benzene rings is 1. The summed E-state index contributed by atoms with van der Waals surface area (Å²) >= 11 is 1.36. The third-order valence-corrected chi connectivity index (χ3v) is 6.04. The SMILES string of the molecule is COCCN(Cc1cc(NC(=O)c2cccs2)ccc1N(C)C)S(C)(=O)=O. The minimum Gasteiger partial charge on any atom is -0.383 e. The number of carbonyl (C=O) groups is 1. The molecule has 1 heterocycles. The number of thiophene rings is 1. The topological polar surface area (TPSA) is 79.0 Å². The molecule has 1 aromatic carbocycles. The highest BCUT2D eigenvalue weighted by molar-refractivity contribution is 7.88. The van der Waals surface area contributed by atoms with Crippen LogP contribution < -0.4 is 10.2 Å². The van der Waals surface area contributed by atoms with E-state index in [-0.39, 0.29) is 19.0 Å². The Hall–Kier alpha value is -1.94. The van der Waals surface area contributed by atoms with Gasteiger partial charge in [0.05, 0.1) is 17.7 Å². The van der Waals surface area contributed by atoms with Crippen LogP contribution in [0.4, 0.5) is 11.4 Å². The number of hydrogen-bond donors (Lipinski definition) is 1. The standard InChI is InChI=1S/C18H25N3O4S2/c1-20(2)16-8-7-15(19-18(22)17-6-5-11-26-17)12-14(16)13-21(9-10-25-3)27(4,23)24/h5-8,11-12H,9-10,13H2,1-4H3,(H,19,22). The van der Waals surface area contributed by atoms with Crippen LogP contribution in [0, 0.1) is 0 Å². The second kappa shape index (κ2) is 9.32. The number of anilines is 2. The van der Waals surface area contributed by atoms with Crippen LogP contribution in [-0.2, 0) is 21.3 Å². The molecule has 0 saturated heterocycles. The molecule has 0 unspecified atom stereocenters. The number of amides is 1. The molecule has 0 radical (unpaired) electrons. The van der Waals surface area contributed by atoms with E-state index in [1.807, 2.05) is 48.6 Å². The summed E-state index contributed by atoms with van der Waals surface area (Å²) < 4.78 is 30.7. The van der Waals surface area contributed by atoms with Crippen LogP contribution in [-0.4, -0.2) is 59.2 Å². The number of sulfonamides is 1. The van der Waals surface area contributed by atoms with Gasteiger partial charge in [0.2, 0.25) is 10.0 Å². The third kappa shape index (κ3) is 6.03. The highest BCUT2D eigenvalue weighted by Gasteiger charge is 2.19. The predicted molar refractivity (Wildman–Crippen MR) is 110 cm³/mol. The van der Waals surface area contributed by atoms with Gasteiger partial charge in [-0.15, -0.1) is 11.3 Å². The fourth-order valence-electron chi connectivity index (χ4n) is 2.57. The molecule has 1 N–H and O–H groups in total. The van der Waals surface area contributed by atoms with Crippen LogP contribution >= 0.6 is 11.3 Å². The molecule has 0 saturated carbocycles. The number of nitrogens with zero attached hydrogens (tertiary/aromatic N) is 2. The van der Waals surface area contributed by atoms with Crippen molar-refractivity contribution in [3.8, 4) is 0 Å². The van der Waals surface area contributed by atoms with Gasteiger partial charge >= 0.3 is 0 Å². The number of ether oxygens (including phenoxy) is 1. The van der Waals surface area contributed by atoms with Crippen molar-refractivity contribution >= 4 is 38.6 Å². The van der Waals surface area contributed by atoms with Crippen LogP contribution in [0.2, 0.25) is 0 Å². The fourth-order valence-corrected chi connectivity index (χ4v) is 3.97. The van der Waals surface area contributed by atoms with Gasteiger partial charge in [0.25, 0.3) is 5.91 Å². The van der Waals surface area contributed by atoms with E-state index in [9.17, 15) is 13.2 Å². The molecular weight excluding hydrogens is 386 g/mol. The van der Waals surface area contributed by atoms with Gasteiger partial charge in [0, 0.05) is 45.7 Å². The monoisotopic (exact) mass is 411 g/mol. The summed E-state index contributed by atoms with van der Waals surface area (Å²) in [6.07, 6.45) is 1.18. The van der Waals surface area contributed by atoms with Crippen molar-refractivity contribution in [3.05, 3.63) is 46.2 Å². The van der Waals surface area contributed by atoms with Crippen molar-refractivity contribution in [2.45, 2.75) is 6.54 Å². The van der Waals surface area contributed by atoms with Crippen LogP contribution in [0.15, 0.2) is 35.7 Å². The van der Waals surface area contributed by atoms with E-state index in [0.717, 1.165) is 11.3 Å². The molecule has 0 aliphatic carbocycles. The van der Waals surface area contributed by atoms with Crippen molar-refractivity contribution < 1.29 is 17.9 Å². The number of hydrogen-bond acceptors (Lipinski definition) is 6. The van der Waals surface area contributed by atoms with E-state index in [2.05, 4.69) is 5.32 Å². The van der Waals surface area contributed by atoms with Crippen molar-refractivity contribution in [2.24, 2.45) is 0 Å².